The first kappa shape index (κ1) is 14.1. The molecule has 0 aliphatic rings. The molecule has 3 rings (SSSR count). The van der Waals surface area contributed by atoms with Gasteiger partial charge in [-0.05, 0) is 31.2 Å². The van der Waals surface area contributed by atoms with Crippen molar-refractivity contribution in [1.82, 2.24) is 4.98 Å². The van der Waals surface area contributed by atoms with Gasteiger partial charge in [-0.2, -0.15) is 0 Å². The van der Waals surface area contributed by atoms with E-state index in [1.807, 2.05) is 61.5 Å². The van der Waals surface area contributed by atoms with Crippen LogP contribution in [-0.2, 0) is 0 Å². The number of para-hydroxylation sites is 1. The van der Waals surface area contributed by atoms with E-state index in [9.17, 15) is 4.91 Å². The van der Waals surface area contributed by atoms with E-state index in [1.165, 1.54) is 0 Å². The Labute approximate surface area is 128 Å². The molecule has 0 amide bonds. The highest BCUT2D eigenvalue weighted by Crippen LogP contribution is 2.28. The number of hydrogen-bond donors (Lipinski definition) is 1. The molecule has 1 aromatic heterocycles. The summed E-state index contributed by atoms with van der Waals surface area (Å²) in [7, 11) is 1.62. The third-order valence-corrected chi connectivity index (χ3v) is 3.59. The van der Waals surface area contributed by atoms with Gasteiger partial charge < -0.3 is 9.72 Å². The summed E-state index contributed by atoms with van der Waals surface area (Å²) in [6.45, 7) is 1.90. The molecule has 0 spiro atoms. The molecule has 0 aliphatic carbocycles. The molecule has 4 nitrogen and oxygen atoms in total. The smallest absolute Gasteiger partial charge is 0.288 e. The second-order valence-corrected chi connectivity index (χ2v) is 5.03. The highest BCUT2D eigenvalue weighted by atomic mass is 16.5. The molecule has 0 radical (unpaired) electrons. The van der Waals surface area contributed by atoms with Crippen molar-refractivity contribution >= 4 is 0 Å². The van der Waals surface area contributed by atoms with Crippen molar-refractivity contribution in [1.29, 1.82) is 0 Å². The van der Waals surface area contributed by atoms with Gasteiger partial charge in [0.1, 0.15) is 11.4 Å². The number of H-pyrrole nitrogens is 1. The fraction of sp³-hybridized carbons (Fsp3) is 0.111. The quantitative estimate of drug-likeness (QED) is 0.750. The number of ether oxygens (including phenoxy) is 1. The molecule has 0 bridgehead atoms. The molecule has 0 saturated heterocycles. The minimum absolute atomic E-state index is 0.624. The van der Waals surface area contributed by atoms with Crippen molar-refractivity contribution in [3.63, 3.8) is 0 Å². The number of benzene rings is 2. The SMILES string of the molecule is COc1ccccc1-c1c[n+](=O)c(-c2ccccc2)c(C)[nH]1. The van der Waals surface area contributed by atoms with Crippen molar-refractivity contribution in [2.45, 2.75) is 6.92 Å². The van der Waals surface area contributed by atoms with Gasteiger partial charge in [-0.3, -0.25) is 0 Å². The van der Waals surface area contributed by atoms with Crippen LogP contribution in [0.2, 0.25) is 0 Å². The summed E-state index contributed by atoms with van der Waals surface area (Å²) in [5.74, 6) is 0.727. The highest BCUT2D eigenvalue weighted by molar-refractivity contribution is 5.67. The molecule has 0 fully saturated rings. The van der Waals surface area contributed by atoms with E-state index in [2.05, 4.69) is 4.98 Å². The highest BCUT2D eigenvalue weighted by Gasteiger charge is 2.19. The Balaban J connectivity index is 2.17. The Hall–Kier alpha value is -2.88. The lowest BCUT2D eigenvalue weighted by molar-refractivity contribution is -0.482. The number of nitrogens with zero attached hydrogens (tertiary/aromatic N) is 1. The van der Waals surface area contributed by atoms with Gasteiger partial charge >= 0.3 is 0 Å². The molecule has 0 unspecified atom stereocenters. The summed E-state index contributed by atoms with van der Waals surface area (Å²) in [6, 6.07) is 17.2. The molecule has 0 saturated carbocycles. The minimum Gasteiger partial charge on any atom is -0.496 e. The van der Waals surface area contributed by atoms with Crippen molar-refractivity contribution in [3.05, 3.63) is 71.4 Å². The van der Waals surface area contributed by atoms with Crippen LogP contribution in [0.4, 0.5) is 0 Å². The van der Waals surface area contributed by atoms with E-state index >= 15 is 0 Å². The van der Waals surface area contributed by atoms with Gasteiger partial charge in [0.05, 0.1) is 22.8 Å². The van der Waals surface area contributed by atoms with E-state index < -0.39 is 0 Å². The third-order valence-electron chi connectivity index (χ3n) is 3.59. The van der Waals surface area contributed by atoms with Gasteiger partial charge in [0.15, 0.2) is 0 Å². The average molecular weight is 293 g/mol. The molecule has 2 aromatic carbocycles. The Bertz CT molecular complexity index is 854. The Morgan fingerprint density at radius 1 is 1.00 bits per heavy atom. The van der Waals surface area contributed by atoms with Crippen molar-refractivity contribution < 1.29 is 9.16 Å². The monoisotopic (exact) mass is 293 g/mol. The number of aromatic nitrogens is 2. The van der Waals surface area contributed by atoms with Crippen LogP contribution in [0.15, 0.2) is 60.8 Å². The predicted octanol–water partition coefficient (Wildman–Crippen LogP) is 3.58. The Morgan fingerprint density at radius 3 is 2.36 bits per heavy atom. The van der Waals surface area contributed by atoms with E-state index in [0.29, 0.717) is 5.69 Å². The first-order valence-corrected chi connectivity index (χ1v) is 7.05. The van der Waals surface area contributed by atoms with Crippen LogP contribution in [0, 0.1) is 11.8 Å². The van der Waals surface area contributed by atoms with E-state index in [-0.39, 0.29) is 0 Å². The van der Waals surface area contributed by atoms with Crippen LogP contribution in [-0.4, -0.2) is 12.1 Å². The van der Waals surface area contributed by atoms with E-state index in [1.54, 1.807) is 13.3 Å². The van der Waals surface area contributed by atoms with Crippen molar-refractivity contribution in [3.8, 4) is 28.3 Å². The van der Waals surface area contributed by atoms with Crippen LogP contribution < -0.4 is 9.16 Å². The van der Waals surface area contributed by atoms with Crippen molar-refractivity contribution in [2.75, 3.05) is 7.11 Å². The topological polar surface area (TPSA) is 48.0 Å². The second-order valence-electron chi connectivity index (χ2n) is 5.03. The summed E-state index contributed by atoms with van der Waals surface area (Å²) >= 11 is 0. The number of aromatic amines is 1. The Morgan fingerprint density at radius 2 is 1.68 bits per heavy atom. The molecule has 22 heavy (non-hydrogen) atoms. The number of nitrogens with one attached hydrogen (secondary N) is 1. The number of methoxy groups -OCH3 is 1. The van der Waals surface area contributed by atoms with Crippen LogP contribution >= 0.6 is 0 Å². The van der Waals surface area contributed by atoms with Gasteiger partial charge in [0.2, 0.25) is 0 Å². The molecular formula is C18H17N2O2+. The lowest BCUT2D eigenvalue weighted by Gasteiger charge is -2.07. The molecule has 0 aliphatic heterocycles. The van der Waals surface area contributed by atoms with Gasteiger partial charge in [-0.1, -0.05) is 30.3 Å². The van der Waals surface area contributed by atoms with Crippen LogP contribution in [0.1, 0.15) is 5.69 Å². The van der Waals surface area contributed by atoms with Gasteiger partial charge in [-0.25, -0.2) is 0 Å². The molecule has 110 valence electrons. The van der Waals surface area contributed by atoms with Gasteiger partial charge in [0.25, 0.3) is 11.9 Å². The first-order chi connectivity index (χ1) is 10.7. The van der Waals surface area contributed by atoms with Crippen LogP contribution in [0.25, 0.3) is 22.5 Å². The maximum Gasteiger partial charge on any atom is 0.288 e. The lowest BCUT2D eigenvalue weighted by atomic mass is 10.1. The molecule has 4 heteroatoms. The number of aryl methyl sites for hydroxylation is 1. The number of hydrogen-bond acceptors (Lipinski definition) is 2. The fourth-order valence-corrected chi connectivity index (χ4v) is 2.58. The largest absolute Gasteiger partial charge is 0.496 e. The number of rotatable bonds is 3. The summed E-state index contributed by atoms with van der Waals surface area (Å²) in [6.07, 6.45) is 1.55. The van der Waals surface area contributed by atoms with Gasteiger partial charge in [-0.15, -0.1) is 0 Å². The summed E-state index contributed by atoms with van der Waals surface area (Å²) < 4.78 is 6.27. The third kappa shape index (κ3) is 2.51. The minimum atomic E-state index is 0.624. The average Bonchev–Trinajstić information content (AvgIpc) is 2.55. The summed E-state index contributed by atoms with van der Waals surface area (Å²) in [5.41, 5.74) is 3.91. The zero-order chi connectivity index (χ0) is 15.5. The maximum atomic E-state index is 12.5. The lowest BCUT2D eigenvalue weighted by Crippen LogP contribution is -2.20. The van der Waals surface area contributed by atoms with E-state index in [0.717, 1.165) is 32.7 Å². The zero-order valence-corrected chi connectivity index (χ0v) is 12.5. The Kier molecular flexibility index (Phi) is 3.74. The maximum absolute atomic E-state index is 12.5. The molecule has 3 aromatic rings. The second kappa shape index (κ2) is 5.85. The molecule has 1 N–H and O–H groups in total. The van der Waals surface area contributed by atoms with Crippen LogP contribution in [0.3, 0.4) is 0 Å². The van der Waals surface area contributed by atoms with Crippen LogP contribution in [0.5, 0.6) is 5.75 Å². The first-order valence-electron chi connectivity index (χ1n) is 7.05. The zero-order valence-electron chi connectivity index (χ0n) is 12.5. The standard InChI is InChI=1S/C18H17N2O2/c1-13-18(14-8-4-3-5-9-14)20(21)12-16(19-13)15-10-6-7-11-17(15)22-2/h3-12H,1-2H3,(H,19,21)/q+1. The summed E-state index contributed by atoms with van der Waals surface area (Å²) in [4.78, 5) is 15.8. The summed E-state index contributed by atoms with van der Waals surface area (Å²) in [5, 5.41) is 0. The predicted molar refractivity (Wildman–Crippen MR) is 86.3 cm³/mol. The van der Waals surface area contributed by atoms with Gasteiger partial charge in [0, 0.05) is 10.5 Å². The van der Waals surface area contributed by atoms with Crippen molar-refractivity contribution in [2.24, 2.45) is 0 Å². The molecule has 0 atom stereocenters. The normalized spacial score (nSPS) is 10.5. The van der Waals surface area contributed by atoms with E-state index in [4.69, 9.17) is 4.74 Å². The molecule has 1 heterocycles. The molecular weight excluding hydrogens is 276 g/mol. The fourth-order valence-electron chi connectivity index (χ4n) is 2.58.